The van der Waals surface area contributed by atoms with Crippen LogP contribution in [0.1, 0.15) is 5.82 Å². The Balaban J connectivity index is 1.48. The highest BCUT2D eigenvalue weighted by Gasteiger charge is 2.15. The Bertz CT molecular complexity index is 1040. The molecule has 0 aliphatic carbocycles. The fraction of sp³-hybridized carbons (Fsp3) is 0.286. The molecule has 0 atom stereocenters. The number of thioether (sulfide) groups is 1. The van der Waals surface area contributed by atoms with Gasteiger partial charge in [0, 0.05) is 30.2 Å². The second-order valence-electron chi connectivity index (χ2n) is 6.85. The summed E-state index contributed by atoms with van der Waals surface area (Å²) in [6, 6.07) is 10.5. The molecule has 1 saturated heterocycles. The van der Waals surface area contributed by atoms with Crippen molar-refractivity contribution < 1.29 is 18.3 Å². The molecule has 0 bridgehead atoms. The first kappa shape index (κ1) is 20.6. The van der Waals surface area contributed by atoms with Gasteiger partial charge in [-0.1, -0.05) is 30.0 Å². The van der Waals surface area contributed by atoms with Gasteiger partial charge < -0.3 is 10.1 Å². The Hall–Kier alpha value is -2.62. The number of fused-ring (bicyclic) bond motifs is 1. The van der Waals surface area contributed by atoms with Crippen molar-refractivity contribution in [3.8, 4) is 0 Å². The van der Waals surface area contributed by atoms with Crippen molar-refractivity contribution in [3.63, 3.8) is 0 Å². The number of nitrogens with zero attached hydrogens (tertiary/aromatic N) is 3. The number of carbonyl (C=O) groups excluding carboxylic acids is 1. The van der Waals surface area contributed by atoms with Gasteiger partial charge in [-0.15, -0.1) is 0 Å². The molecule has 4 rings (SSSR count). The summed E-state index contributed by atoms with van der Waals surface area (Å²) in [4.78, 5) is 23.9. The van der Waals surface area contributed by atoms with E-state index in [0.717, 1.165) is 42.2 Å². The zero-order valence-corrected chi connectivity index (χ0v) is 16.9. The number of aromatic nitrogens is 2. The Morgan fingerprint density at radius 1 is 1.10 bits per heavy atom. The van der Waals surface area contributed by atoms with Crippen molar-refractivity contribution in [2.24, 2.45) is 0 Å². The zero-order valence-electron chi connectivity index (χ0n) is 16.1. The maximum Gasteiger partial charge on any atom is 0.234 e. The second-order valence-corrected chi connectivity index (χ2v) is 7.81. The number of nitrogens with one attached hydrogen (secondary N) is 1. The number of rotatable bonds is 6. The number of ether oxygens (including phenoxy) is 1. The molecule has 1 aromatic heterocycles. The lowest BCUT2D eigenvalue weighted by Crippen LogP contribution is -2.36. The first-order chi connectivity index (χ1) is 14.6. The van der Waals surface area contributed by atoms with E-state index >= 15 is 0 Å². The fourth-order valence-electron chi connectivity index (χ4n) is 3.19. The molecule has 1 amide bonds. The molecule has 1 aliphatic rings. The summed E-state index contributed by atoms with van der Waals surface area (Å²) in [6.45, 7) is 3.64. The molecule has 0 spiro atoms. The summed E-state index contributed by atoms with van der Waals surface area (Å²) < 4.78 is 32.0. The molecule has 30 heavy (non-hydrogen) atoms. The Morgan fingerprint density at radius 2 is 1.83 bits per heavy atom. The van der Waals surface area contributed by atoms with E-state index in [1.165, 1.54) is 11.8 Å². The maximum atomic E-state index is 13.3. The highest BCUT2D eigenvalue weighted by Crippen LogP contribution is 2.26. The number of para-hydroxylation sites is 1. The molecule has 156 valence electrons. The van der Waals surface area contributed by atoms with Gasteiger partial charge in [-0.3, -0.25) is 9.69 Å². The molecule has 3 aromatic rings. The molecule has 0 saturated carbocycles. The van der Waals surface area contributed by atoms with Crippen molar-refractivity contribution >= 4 is 34.3 Å². The monoisotopic (exact) mass is 430 g/mol. The van der Waals surface area contributed by atoms with Crippen LogP contribution in [-0.4, -0.2) is 52.8 Å². The number of amides is 1. The largest absolute Gasteiger partial charge is 0.379 e. The van der Waals surface area contributed by atoms with E-state index in [1.807, 2.05) is 24.3 Å². The minimum absolute atomic E-state index is 0.0517. The topological polar surface area (TPSA) is 67.4 Å². The summed E-state index contributed by atoms with van der Waals surface area (Å²) in [5, 5.41) is 4.07. The van der Waals surface area contributed by atoms with E-state index in [0.29, 0.717) is 30.6 Å². The van der Waals surface area contributed by atoms with Crippen LogP contribution in [0.5, 0.6) is 0 Å². The van der Waals surface area contributed by atoms with Crippen LogP contribution in [0.15, 0.2) is 47.5 Å². The van der Waals surface area contributed by atoms with Crippen LogP contribution in [0, 0.1) is 11.6 Å². The average molecular weight is 430 g/mol. The Labute approximate surface area is 176 Å². The van der Waals surface area contributed by atoms with Crippen molar-refractivity contribution in [3.05, 3.63) is 59.9 Å². The van der Waals surface area contributed by atoms with Crippen LogP contribution in [0.2, 0.25) is 0 Å². The van der Waals surface area contributed by atoms with Crippen molar-refractivity contribution in [1.29, 1.82) is 0 Å². The molecule has 9 heteroatoms. The van der Waals surface area contributed by atoms with E-state index < -0.39 is 11.6 Å². The van der Waals surface area contributed by atoms with Crippen LogP contribution in [0.4, 0.5) is 14.5 Å². The predicted octanol–water partition coefficient (Wildman–Crippen LogP) is 3.47. The fourth-order valence-corrected chi connectivity index (χ4v) is 4.03. The molecule has 2 heterocycles. The molecule has 0 unspecified atom stereocenters. The highest BCUT2D eigenvalue weighted by molar-refractivity contribution is 8.00. The number of anilines is 1. The molecule has 6 nitrogen and oxygen atoms in total. The van der Waals surface area contributed by atoms with Gasteiger partial charge in [-0.2, -0.15) is 0 Å². The van der Waals surface area contributed by atoms with Crippen molar-refractivity contribution in [1.82, 2.24) is 14.9 Å². The quantitative estimate of drug-likeness (QED) is 0.477. The van der Waals surface area contributed by atoms with Gasteiger partial charge in [0.2, 0.25) is 5.91 Å². The van der Waals surface area contributed by atoms with E-state index in [9.17, 15) is 13.6 Å². The number of hydrogen-bond acceptors (Lipinski definition) is 6. The average Bonchev–Trinajstić information content (AvgIpc) is 2.72. The van der Waals surface area contributed by atoms with Crippen molar-refractivity contribution in [2.75, 3.05) is 37.4 Å². The summed E-state index contributed by atoms with van der Waals surface area (Å²) in [5.74, 6) is -1.12. The standard InChI is InChI=1S/C21H20F2N4O2S/c22-14-9-15(23)11-16(10-14)24-20(28)13-30-21-17-3-1-2-4-18(17)25-19(26-21)12-27-5-7-29-8-6-27/h1-4,9-11H,5-8,12-13H2,(H,24,28). The smallest absolute Gasteiger partial charge is 0.234 e. The van der Waals surface area contributed by atoms with E-state index in [4.69, 9.17) is 4.74 Å². The normalized spacial score (nSPS) is 14.7. The van der Waals surface area contributed by atoms with Gasteiger partial charge in [-0.25, -0.2) is 18.7 Å². The lowest BCUT2D eigenvalue weighted by Gasteiger charge is -2.25. The third kappa shape index (κ3) is 5.29. The molecular weight excluding hydrogens is 410 g/mol. The lowest BCUT2D eigenvalue weighted by molar-refractivity contribution is -0.113. The van der Waals surface area contributed by atoms with Crippen LogP contribution >= 0.6 is 11.8 Å². The van der Waals surface area contributed by atoms with E-state index in [1.54, 1.807) is 0 Å². The zero-order chi connectivity index (χ0) is 20.9. The second kappa shape index (κ2) is 9.46. The van der Waals surface area contributed by atoms with Crippen LogP contribution in [-0.2, 0) is 16.1 Å². The molecule has 1 fully saturated rings. The van der Waals surface area contributed by atoms with Gasteiger partial charge in [0.05, 0.1) is 31.0 Å². The van der Waals surface area contributed by atoms with Gasteiger partial charge in [0.25, 0.3) is 0 Å². The molecule has 0 radical (unpaired) electrons. The third-order valence-corrected chi connectivity index (χ3v) is 5.56. The predicted molar refractivity (Wildman–Crippen MR) is 111 cm³/mol. The summed E-state index contributed by atoms with van der Waals surface area (Å²) in [6.07, 6.45) is 0. The lowest BCUT2D eigenvalue weighted by atomic mass is 10.2. The van der Waals surface area contributed by atoms with Gasteiger partial charge in [-0.05, 0) is 18.2 Å². The minimum atomic E-state index is -0.743. The van der Waals surface area contributed by atoms with Gasteiger partial charge in [0.15, 0.2) is 0 Å². The van der Waals surface area contributed by atoms with Gasteiger partial charge in [0.1, 0.15) is 22.5 Å². The Kier molecular flexibility index (Phi) is 6.51. The van der Waals surface area contributed by atoms with Crippen LogP contribution in [0.3, 0.4) is 0 Å². The SMILES string of the molecule is O=C(CSc1nc(CN2CCOCC2)nc2ccccc12)Nc1cc(F)cc(F)c1. The summed E-state index contributed by atoms with van der Waals surface area (Å²) >= 11 is 1.27. The first-order valence-electron chi connectivity index (χ1n) is 9.51. The summed E-state index contributed by atoms with van der Waals surface area (Å²) in [7, 11) is 0. The Morgan fingerprint density at radius 3 is 2.60 bits per heavy atom. The molecule has 1 aliphatic heterocycles. The number of benzene rings is 2. The van der Waals surface area contributed by atoms with E-state index in [-0.39, 0.29) is 17.3 Å². The molecular formula is C21H20F2N4O2S. The molecule has 2 aromatic carbocycles. The number of halogens is 2. The minimum Gasteiger partial charge on any atom is -0.379 e. The number of carbonyl (C=O) groups is 1. The number of hydrogen-bond donors (Lipinski definition) is 1. The number of morpholine rings is 1. The highest BCUT2D eigenvalue weighted by atomic mass is 32.2. The van der Waals surface area contributed by atoms with Crippen LogP contribution < -0.4 is 5.32 Å². The summed E-state index contributed by atoms with van der Waals surface area (Å²) in [5.41, 5.74) is 0.893. The molecule has 1 N–H and O–H groups in total. The third-order valence-electron chi connectivity index (χ3n) is 4.57. The van der Waals surface area contributed by atoms with Crippen molar-refractivity contribution in [2.45, 2.75) is 11.6 Å². The maximum absolute atomic E-state index is 13.3. The first-order valence-corrected chi connectivity index (χ1v) is 10.5. The van der Waals surface area contributed by atoms with Crippen LogP contribution in [0.25, 0.3) is 10.9 Å². The van der Waals surface area contributed by atoms with E-state index in [2.05, 4.69) is 20.2 Å². The van der Waals surface area contributed by atoms with Gasteiger partial charge >= 0.3 is 0 Å².